The zero-order chi connectivity index (χ0) is 12.8. The average Bonchev–Trinajstić information content (AvgIpc) is 2.21. The first-order chi connectivity index (χ1) is 7.99. The first-order valence-corrected chi connectivity index (χ1v) is 5.66. The van der Waals surface area contributed by atoms with Crippen LogP contribution in [0.1, 0.15) is 32.3 Å². The van der Waals surface area contributed by atoms with Gasteiger partial charge in [-0.05, 0) is 44.4 Å². The summed E-state index contributed by atoms with van der Waals surface area (Å²) in [6, 6.07) is 4.76. The third-order valence-electron chi connectivity index (χ3n) is 2.22. The molecule has 0 saturated heterocycles. The third kappa shape index (κ3) is 4.85. The normalized spacial score (nSPS) is 10.6. The van der Waals surface area contributed by atoms with E-state index in [9.17, 15) is 9.18 Å². The molecule has 0 saturated carbocycles. The molecule has 1 aromatic rings. The molecule has 0 aliphatic carbocycles. The highest BCUT2D eigenvalue weighted by Crippen LogP contribution is 2.20. The van der Waals surface area contributed by atoms with E-state index in [0.717, 1.165) is 5.56 Å². The van der Waals surface area contributed by atoms with Crippen LogP contribution in [0.15, 0.2) is 18.2 Å². The Morgan fingerprint density at radius 2 is 2.18 bits per heavy atom. The molecule has 0 spiro atoms. The topological polar surface area (TPSA) is 46.5 Å². The van der Waals surface area contributed by atoms with Gasteiger partial charge in [0.25, 0.3) is 0 Å². The van der Waals surface area contributed by atoms with Crippen LogP contribution in [0, 0.1) is 5.82 Å². The molecule has 0 fully saturated rings. The molecule has 1 aromatic carbocycles. The summed E-state index contributed by atoms with van der Waals surface area (Å²) in [6.45, 7) is 3.67. The lowest BCUT2D eigenvalue weighted by Gasteiger charge is -2.11. The number of carboxylic acid groups (broad SMARTS) is 1. The van der Waals surface area contributed by atoms with Crippen LogP contribution in [0.25, 0.3) is 0 Å². The highest BCUT2D eigenvalue weighted by atomic mass is 19.1. The van der Waals surface area contributed by atoms with Gasteiger partial charge in [-0.2, -0.15) is 0 Å². The molecule has 0 aromatic heterocycles. The molecule has 0 unspecified atom stereocenters. The number of hydrogen-bond donors (Lipinski definition) is 1. The van der Waals surface area contributed by atoms with E-state index in [0.29, 0.717) is 12.8 Å². The molecular formula is C13H17FO3. The predicted molar refractivity (Wildman–Crippen MR) is 62.7 cm³/mol. The monoisotopic (exact) mass is 240 g/mol. The van der Waals surface area contributed by atoms with Crippen LogP contribution in [0.4, 0.5) is 4.39 Å². The quantitative estimate of drug-likeness (QED) is 0.831. The molecule has 0 aliphatic rings. The predicted octanol–water partition coefficient (Wildman–Crippen LogP) is 3.02. The Balaban J connectivity index is 2.59. The second kappa shape index (κ2) is 6.23. The van der Waals surface area contributed by atoms with E-state index in [-0.39, 0.29) is 18.3 Å². The summed E-state index contributed by atoms with van der Waals surface area (Å²) in [5, 5.41) is 8.50. The Morgan fingerprint density at radius 1 is 1.47 bits per heavy atom. The third-order valence-corrected chi connectivity index (χ3v) is 2.22. The molecule has 1 rings (SSSR count). The molecule has 1 N–H and O–H groups in total. The van der Waals surface area contributed by atoms with Crippen LogP contribution in [0.5, 0.6) is 5.75 Å². The van der Waals surface area contributed by atoms with Gasteiger partial charge < -0.3 is 9.84 Å². The summed E-state index contributed by atoms with van der Waals surface area (Å²) in [7, 11) is 0. The number of aryl methyl sites for hydroxylation is 1. The van der Waals surface area contributed by atoms with E-state index in [1.165, 1.54) is 6.07 Å². The first kappa shape index (κ1) is 13.5. The minimum atomic E-state index is -0.828. The van der Waals surface area contributed by atoms with Crippen LogP contribution < -0.4 is 4.74 Å². The summed E-state index contributed by atoms with van der Waals surface area (Å²) in [6.07, 6.45) is 1.11. The molecule has 4 heteroatoms. The highest BCUT2D eigenvalue weighted by Gasteiger charge is 2.07. The van der Waals surface area contributed by atoms with Crippen molar-refractivity contribution in [2.75, 3.05) is 0 Å². The number of hydrogen-bond acceptors (Lipinski definition) is 2. The molecule has 3 nitrogen and oxygen atoms in total. The van der Waals surface area contributed by atoms with Crippen LogP contribution in [-0.2, 0) is 11.2 Å². The zero-order valence-electron chi connectivity index (χ0n) is 10.1. The van der Waals surface area contributed by atoms with Crippen molar-refractivity contribution in [3.05, 3.63) is 29.6 Å². The fourth-order valence-corrected chi connectivity index (χ4v) is 1.49. The Kier molecular flexibility index (Phi) is 4.94. The average molecular weight is 240 g/mol. The van der Waals surface area contributed by atoms with Gasteiger partial charge in [0, 0.05) is 6.42 Å². The molecular weight excluding hydrogens is 223 g/mol. The Hall–Kier alpha value is -1.58. The standard InChI is InChI=1S/C13H17FO3/c1-9(2)17-12-7-6-10(8-11(12)14)4-3-5-13(15)16/h6-9H,3-5H2,1-2H3,(H,15,16). The summed E-state index contributed by atoms with van der Waals surface area (Å²) in [4.78, 5) is 10.3. The van der Waals surface area contributed by atoms with Gasteiger partial charge in [-0.25, -0.2) is 4.39 Å². The largest absolute Gasteiger partial charge is 0.488 e. The van der Waals surface area contributed by atoms with Gasteiger partial charge in [-0.15, -0.1) is 0 Å². The van der Waals surface area contributed by atoms with Gasteiger partial charge in [-0.3, -0.25) is 4.79 Å². The van der Waals surface area contributed by atoms with Crippen LogP contribution in [-0.4, -0.2) is 17.2 Å². The van der Waals surface area contributed by atoms with E-state index in [2.05, 4.69) is 0 Å². The van der Waals surface area contributed by atoms with Crippen molar-refractivity contribution in [2.24, 2.45) is 0 Å². The summed E-state index contributed by atoms with van der Waals surface area (Å²) in [5.41, 5.74) is 0.792. The fourth-order valence-electron chi connectivity index (χ4n) is 1.49. The lowest BCUT2D eigenvalue weighted by Crippen LogP contribution is -2.07. The molecule has 0 heterocycles. The Labute approximate surface area is 100 Å². The Bertz CT molecular complexity index is 388. The maximum Gasteiger partial charge on any atom is 0.303 e. The van der Waals surface area contributed by atoms with Crippen molar-refractivity contribution in [1.29, 1.82) is 0 Å². The number of carbonyl (C=O) groups is 1. The minimum absolute atomic E-state index is 0.0673. The van der Waals surface area contributed by atoms with Gasteiger partial charge >= 0.3 is 5.97 Å². The van der Waals surface area contributed by atoms with Crippen molar-refractivity contribution < 1.29 is 19.0 Å². The summed E-state index contributed by atoms with van der Waals surface area (Å²) >= 11 is 0. The van der Waals surface area contributed by atoms with E-state index in [1.54, 1.807) is 12.1 Å². The van der Waals surface area contributed by atoms with Crippen molar-refractivity contribution in [2.45, 2.75) is 39.2 Å². The highest BCUT2D eigenvalue weighted by molar-refractivity contribution is 5.66. The number of carboxylic acids is 1. The zero-order valence-corrected chi connectivity index (χ0v) is 10.1. The maximum absolute atomic E-state index is 13.6. The second-order valence-electron chi connectivity index (χ2n) is 4.18. The van der Waals surface area contributed by atoms with Crippen LogP contribution in [0.2, 0.25) is 0 Å². The number of halogens is 1. The first-order valence-electron chi connectivity index (χ1n) is 5.66. The number of benzene rings is 1. The molecule has 0 atom stereocenters. The van der Waals surface area contributed by atoms with E-state index >= 15 is 0 Å². The van der Waals surface area contributed by atoms with Crippen LogP contribution in [0.3, 0.4) is 0 Å². The molecule has 17 heavy (non-hydrogen) atoms. The van der Waals surface area contributed by atoms with Crippen molar-refractivity contribution in [3.63, 3.8) is 0 Å². The fraction of sp³-hybridized carbons (Fsp3) is 0.462. The van der Waals surface area contributed by atoms with E-state index < -0.39 is 11.8 Å². The summed E-state index contributed by atoms with van der Waals surface area (Å²) < 4.78 is 18.8. The van der Waals surface area contributed by atoms with Gasteiger partial charge in [0.05, 0.1) is 6.10 Å². The van der Waals surface area contributed by atoms with Crippen molar-refractivity contribution in [1.82, 2.24) is 0 Å². The van der Waals surface area contributed by atoms with E-state index in [4.69, 9.17) is 9.84 Å². The van der Waals surface area contributed by atoms with Gasteiger partial charge in [-0.1, -0.05) is 6.07 Å². The molecule has 94 valence electrons. The lowest BCUT2D eigenvalue weighted by atomic mass is 10.1. The van der Waals surface area contributed by atoms with E-state index in [1.807, 2.05) is 13.8 Å². The molecule has 0 bridgehead atoms. The molecule has 0 radical (unpaired) electrons. The van der Waals surface area contributed by atoms with Crippen molar-refractivity contribution >= 4 is 5.97 Å². The molecule has 0 amide bonds. The van der Waals surface area contributed by atoms with Gasteiger partial charge in [0.15, 0.2) is 11.6 Å². The van der Waals surface area contributed by atoms with Crippen LogP contribution >= 0.6 is 0 Å². The van der Waals surface area contributed by atoms with Gasteiger partial charge in [0.2, 0.25) is 0 Å². The van der Waals surface area contributed by atoms with Crippen molar-refractivity contribution in [3.8, 4) is 5.75 Å². The summed E-state index contributed by atoms with van der Waals surface area (Å²) in [5.74, 6) is -0.987. The molecule has 0 aliphatic heterocycles. The number of rotatable bonds is 6. The number of aliphatic carboxylic acids is 1. The Morgan fingerprint density at radius 3 is 2.71 bits per heavy atom. The maximum atomic E-state index is 13.6. The SMILES string of the molecule is CC(C)Oc1ccc(CCCC(=O)O)cc1F. The minimum Gasteiger partial charge on any atom is -0.488 e. The number of ether oxygens (including phenoxy) is 1. The second-order valence-corrected chi connectivity index (χ2v) is 4.18. The smallest absolute Gasteiger partial charge is 0.303 e. The lowest BCUT2D eigenvalue weighted by molar-refractivity contribution is -0.137. The van der Waals surface area contributed by atoms with Gasteiger partial charge in [0.1, 0.15) is 0 Å².